The molecule has 6 heteroatoms. The summed E-state index contributed by atoms with van der Waals surface area (Å²) < 4.78 is 29.1. The molecule has 0 amide bonds. The first-order chi connectivity index (χ1) is 8.62. The van der Waals surface area contributed by atoms with E-state index in [-0.39, 0.29) is 10.6 Å². The summed E-state index contributed by atoms with van der Waals surface area (Å²) in [5.74, 6) is 0.663. The zero-order valence-corrected chi connectivity index (χ0v) is 11.3. The van der Waals surface area contributed by atoms with Gasteiger partial charge in [-0.15, -0.1) is 0 Å². The van der Waals surface area contributed by atoms with E-state index in [0.717, 1.165) is 0 Å². The highest BCUT2D eigenvalue weighted by Gasteiger charge is 2.21. The van der Waals surface area contributed by atoms with E-state index in [9.17, 15) is 8.42 Å². The van der Waals surface area contributed by atoms with Crippen LogP contribution in [0, 0.1) is 11.3 Å². The molecule has 0 aliphatic carbocycles. The van der Waals surface area contributed by atoms with Gasteiger partial charge in [0.05, 0.1) is 40.7 Å². The van der Waals surface area contributed by atoms with Crippen molar-refractivity contribution in [2.24, 2.45) is 0 Å². The maximum Gasteiger partial charge on any atom is 0.179 e. The second kappa shape index (κ2) is 5.74. The van der Waals surface area contributed by atoms with E-state index in [2.05, 4.69) is 0 Å². The van der Waals surface area contributed by atoms with Gasteiger partial charge in [-0.05, 0) is 18.2 Å². The summed E-state index contributed by atoms with van der Waals surface area (Å²) in [7, 11) is -3.29. The average molecular weight is 283 g/mol. The lowest BCUT2D eigenvalue weighted by Gasteiger charge is -2.25. The predicted molar refractivity (Wildman–Crippen MR) is 70.3 cm³/mol. The summed E-state index contributed by atoms with van der Waals surface area (Å²) in [6.45, 7) is 1.43. The van der Waals surface area contributed by atoms with E-state index in [0.29, 0.717) is 29.8 Å². The quantitative estimate of drug-likeness (QED) is 0.818. The summed E-state index contributed by atoms with van der Waals surface area (Å²) in [6.07, 6.45) is 0. The molecule has 0 unspecified atom stereocenters. The molecule has 1 aliphatic rings. The summed E-state index contributed by atoms with van der Waals surface area (Å²) >= 11 is 1.63. The summed E-state index contributed by atoms with van der Waals surface area (Å²) in [4.78, 5) is 0.229. The van der Waals surface area contributed by atoms with Gasteiger partial charge < -0.3 is 4.74 Å². The van der Waals surface area contributed by atoms with Crippen LogP contribution in [-0.2, 0) is 14.6 Å². The van der Waals surface area contributed by atoms with Crippen LogP contribution in [0.3, 0.4) is 0 Å². The normalized spacial score (nSPS) is 15.9. The minimum atomic E-state index is -3.29. The van der Waals surface area contributed by atoms with Crippen molar-refractivity contribution in [2.45, 2.75) is 10.1 Å². The lowest BCUT2D eigenvalue weighted by molar-refractivity contribution is 0.0455. The average Bonchev–Trinajstić information content (AvgIpc) is 2.32. The number of nitrogens with zero attached hydrogens (tertiary/aromatic N) is 1. The first-order valence-electron chi connectivity index (χ1n) is 5.54. The molecule has 1 aromatic carbocycles. The highest BCUT2D eigenvalue weighted by Crippen LogP contribution is 2.21. The second-order valence-corrected chi connectivity index (χ2v) is 7.51. The van der Waals surface area contributed by atoms with Gasteiger partial charge in [0.15, 0.2) is 9.84 Å². The van der Waals surface area contributed by atoms with Crippen LogP contribution in [-0.4, -0.2) is 38.4 Å². The fourth-order valence-electron chi connectivity index (χ4n) is 1.51. The van der Waals surface area contributed by atoms with Crippen molar-refractivity contribution in [1.82, 2.24) is 0 Å². The highest BCUT2D eigenvalue weighted by molar-refractivity contribution is 8.01. The van der Waals surface area contributed by atoms with Gasteiger partial charge in [-0.25, -0.2) is 8.42 Å². The number of hydrogen-bond donors (Lipinski definition) is 0. The van der Waals surface area contributed by atoms with Crippen LogP contribution in [0.1, 0.15) is 5.56 Å². The third kappa shape index (κ3) is 3.25. The highest BCUT2D eigenvalue weighted by atomic mass is 32.2. The molecule has 96 valence electrons. The van der Waals surface area contributed by atoms with Gasteiger partial charge in [0, 0.05) is 5.75 Å². The predicted octanol–water partition coefficient (Wildman–Crippen LogP) is 1.46. The second-order valence-electron chi connectivity index (χ2n) is 3.99. The maximum atomic E-state index is 12.0. The van der Waals surface area contributed by atoms with Gasteiger partial charge in [0.1, 0.15) is 0 Å². The molecule has 1 aromatic rings. The zero-order chi connectivity index (χ0) is 13.0. The third-order valence-corrected chi connectivity index (χ3v) is 5.79. The summed E-state index contributed by atoms with van der Waals surface area (Å²) in [5.41, 5.74) is 0.371. The van der Waals surface area contributed by atoms with Crippen molar-refractivity contribution in [3.05, 3.63) is 29.8 Å². The Bertz CT molecular complexity index is 559. The van der Waals surface area contributed by atoms with Crippen LogP contribution >= 0.6 is 11.8 Å². The SMILES string of the molecule is N#Cc1cccc(S(=O)(=O)CCSC2COC2)c1. The topological polar surface area (TPSA) is 67.2 Å². The van der Waals surface area contributed by atoms with Gasteiger partial charge in [-0.3, -0.25) is 0 Å². The molecule has 4 nitrogen and oxygen atoms in total. The van der Waals surface area contributed by atoms with E-state index in [1.165, 1.54) is 12.1 Å². The minimum Gasteiger partial charge on any atom is -0.379 e. The Kier molecular flexibility index (Phi) is 4.27. The summed E-state index contributed by atoms with van der Waals surface area (Å²) in [5, 5.41) is 9.19. The number of benzene rings is 1. The fourth-order valence-corrected chi connectivity index (χ4v) is 4.32. The monoisotopic (exact) mass is 283 g/mol. The van der Waals surface area contributed by atoms with Crippen molar-refractivity contribution in [3.63, 3.8) is 0 Å². The first kappa shape index (κ1) is 13.4. The Morgan fingerprint density at radius 1 is 1.44 bits per heavy atom. The minimum absolute atomic E-state index is 0.100. The molecule has 0 N–H and O–H groups in total. The smallest absolute Gasteiger partial charge is 0.179 e. The molecule has 1 saturated heterocycles. The Balaban J connectivity index is 1.98. The molecule has 0 saturated carbocycles. The number of hydrogen-bond acceptors (Lipinski definition) is 5. The standard InChI is InChI=1S/C12H13NO3S2/c13-7-10-2-1-3-12(6-10)18(14,15)5-4-17-11-8-16-9-11/h1-3,6,11H,4-5,8-9H2. The van der Waals surface area contributed by atoms with Crippen molar-refractivity contribution in [1.29, 1.82) is 5.26 Å². The van der Waals surface area contributed by atoms with Crippen LogP contribution < -0.4 is 0 Å². The van der Waals surface area contributed by atoms with Crippen molar-refractivity contribution < 1.29 is 13.2 Å². The van der Waals surface area contributed by atoms with Crippen molar-refractivity contribution >= 4 is 21.6 Å². The molecule has 18 heavy (non-hydrogen) atoms. The van der Waals surface area contributed by atoms with Crippen LogP contribution in [0.15, 0.2) is 29.2 Å². The van der Waals surface area contributed by atoms with Crippen molar-refractivity contribution in [3.8, 4) is 6.07 Å². The molecule has 0 radical (unpaired) electrons. The number of nitriles is 1. The Hall–Kier alpha value is -1.03. The number of sulfone groups is 1. The van der Waals surface area contributed by atoms with E-state index in [1.54, 1.807) is 23.9 Å². The Labute approximate surface area is 111 Å². The number of rotatable bonds is 5. The van der Waals surface area contributed by atoms with Crippen LogP contribution in [0.5, 0.6) is 0 Å². The van der Waals surface area contributed by atoms with Gasteiger partial charge in [-0.1, -0.05) is 6.07 Å². The molecular formula is C12H13NO3S2. The van der Waals surface area contributed by atoms with E-state index < -0.39 is 9.84 Å². The molecule has 1 fully saturated rings. The zero-order valence-electron chi connectivity index (χ0n) is 9.70. The largest absolute Gasteiger partial charge is 0.379 e. The van der Waals surface area contributed by atoms with Crippen LogP contribution in [0.25, 0.3) is 0 Å². The molecule has 2 rings (SSSR count). The number of thioether (sulfide) groups is 1. The van der Waals surface area contributed by atoms with Gasteiger partial charge in [-0.2, -0.15) is 17.0 Å². The maximum absolute atomic E-state index is 12.0. The summed E-state index contributed by atoms with van der Waals surface area (Å²) in [6, 6.07) is 8.10. The Morgan fingerprint density at radius 2 is 2.22 bits per heavy atom. The lowest BCUT2D eigenvalue weighted by Crippen LogP contribution is -2.31. The Morgan fingerprint density at radius 3 is 2.83 bits per heavy atom. The molecule has 0 spiro atoms. The molecule has 1 heterocycles. The van der Waals surface area contributed by atoms with Gasteiger partial charge >= 0.3 is 0 Å². The van der Waals surface area contributed by atoms with E-state index in [1.807, 2.05) is 6.07 Å². The molecule has 0 bridgehead atoms. The fraction of sp³-hybridized carbons (Fsp3) is 0.417. The first-order valence-corrected chi connectivity index (χ1v) is 8.24. The molecule has 1 aliphatic heterocycles. The van der Waals surface area contributed by atoms with Crippen molar-refractivity contribution in [2.75, 3.05) is 24.7 Å². The lowest BCUT2D eigenvalue weighted by atomic mass is 10.2. The van der Waals surface area contributed by atoms with Gasteiger partial charge in [0.2, 0.25) is 0 Å². The third-order valence-electron chi connectivity index (χ3n) is 2.64. The molecule has 0 aromatic heterocycles. The van der Waals surface area contributed by atoms with E-state index >= 15 is 0 Å². The molecule has 0 atom stereocenters. The van der Waals surface area contributed by atoms with Gasteiger partial charge in [0.25, 0.3) is 0 Å². The van der Waals surface area contributed by atoms with Crippen LogP contribution in [0.2, 0.25) is 0 Å². The van der Waals surface area contributed by atoms with Crippen LogP contribution in [0.4, 0.5) is 0 Å². The van der Waals surface area contributed by atoms with E-state index in [4.69, 9.17) is 10.00 Å². The number of ether oxygens (including phenoxy) is 1. The molecular weight excluding hydrogens is 270 g/mol.